The summed E-state index contributed by atoms with van der Waals surface area (Å²) in [6.07, 6.45) is 0. The first kappa shape index (κ1) is 9.99. The molecule has 0 radical (unpaired) electrons. The minimum absolute atomic E-state index is 0.606. The van der Waals surface area contributed by atoms with Crippen molar-refractivity contribution in [1.29, 1.82) is 0 Å². The highest BCUT2D eigenvalue weighted by atomic mass is 79.9. The molecule has 1 aliphatic rings. The van der Waals surface area contributed by atoms with Crippen LogP contribution in [0.3, 0.4) is 0 Å². The molecule has 1 fully saturated rings. The standard InChI is InChI=1S/C11H15BrN2/c1-7-3-9(4-8(2)11(7)12)14-10-5-13-6-10/h3-4,10,13-14H,5-6H2,1-2H3. The highest BCUT2D eigenvalue weighted by molar-refractivity contribution is 9.10. The van der Waals surface area contributed by atoms with Gasteiger partial charge in [-0.1, -0.05) is 15.9 Å². The lowest BCUT2D eigenvalue weighted by atomic mass is 10.1. The number of halogens is 1. The Morgan fingerprint density at radius 1 is 1.29 bits per heavy atom. The lowest BCUT2D eigenvalue weighted by Crippen LogP contribution is -2.51. The molecule has 1 saturated heterocycles. The normalized spacial score (nSPS) is 16.5. The van der Waals surface area contributed by atoms with Gasteiger partial charge in [-0.2, -0.15) is 0 Å². The van der Waals surface area contributed by atoms with Gasteiger partial charge < -0.3 is 10.6 Å². The molecule has 2 rings (SSSR count). The van der Waals surface area contributed by atoms with E-state index in [1.165, 1.54) is 21.3 Å². The van der Waals surface area contributed by atoms with Gasteiger partial charge in [0.1, 0.15) is 0 Å². The molecule has 0 atom stereocenters. The van der Waals surface area contributed by atoms with Gasteiger partial charge in [-0.3, -0.25) is 0 Å². The van der Waals surface area contributed by atoms with Crippen molar-refractivity contribution in [2.45, 2.75) is 19.9 Å². The minimum atomic E-state index is 0.606. The lowest BCUT2D eigenvalue weighted by Gasteiger charge is -2.29. The van der Waals surface area contributed by atoms with Gasteiger partial charge in [0, 0.05) is 23.2 Å². The number of aryl methyl sites for hydroxylation is 2. The van der Waals surface area contributed by atoms with Crippen LogP contribution in [-0.4, -0.2) is 19.1 Å². The van der Waals surface area contributed by atoms with Gasteiger partial charge in [-0.15, -0.1) is 0 Å². The number of rotatable bonds is 2. The Labute approximate surface area is 93.2 Å². The van der Waals surface area contributed by atoms with Crippen molar-refractivity contribution in [2.75, 3.05) is 18.4 Å². The third-order valence-electron chi connectivity index (χ3n) is 2.59. The maximum Gasteiger partial charge on any atom is 0.0510 e. The molecule has 1 aromatic rings. The number of hydrogen-bond donors (Lipinski definition) is 2. The molecular weight excluding hydrogens is 240 g/mol. The van der Waals surface area contributed by atoms with E-state index in [4.69, 9.17) is 0 Å². The summed E-state index contributed by atoms with van der Waals surface area (Å²) < 4.78 is 1.22. The van der Waals surface area contributed by atoms with Crippen molar-refractivity contribution < 1.29 is 0 Å². The molecule has 0 aromatic heterocycles. The topological polar surface area (TPSA) is 24.1 Å². The predicted molar refractivity (Wildman–Crippen MR) is 63.9 cm³/mol. The first-order valence-corrected chi connectivity index (χ1v) is 5.70. The fourth-order valence-electron chi connectivity index (χ4n) is 1.66. The molecule has 76 valence electrons. The highest BCUT2D eigenvalue weighted by Crippen LogP contribution is 2.25. The molecule has 3 heteroatoms. The molecule has 0 spiro atoms. The molecule has 0 amide bonds. The summed E-state index contributed by atoms with van der Waals surface area (Å²) in [6, 6.07) is 4.99. The summed E-state index contributed by atoms with van der Waals surface area (Å²) in [6.45, 7) is 6.41. The summed E-state index contributed by atoms with van der Waals surface area (Å²) in [4.78, 5) is 0. The summed E-state index contributed by atoms with van der Waals surface area (Å²) in [5.74, 6) is 0. The predicted octanol–water partition coefficient (Wildman–Crippen LogP) is 2.45. The number of hydrogen-bond acceptors (Lipinski definition) is 2. The average Bonchev–Trinajstić information content (AvgIpc) is 2.07. The van der Waals surface area contributed by atoms with Gasteiger partial charge in [-0.25, -0.2) is 0 Å². The first-order valence-electron chi connectivity index (χ1n) is 4.91. The van der Waals surface area contributed by atoms with E-state index < -0.39 is 0 Å². The van der Waals surface area contributed by atoms with E-state index in [-0.39, 0.29) is 0 Å². The van der Waals surface area contributed by atoms with Crippen LogP contribution in [0, 0.1) is 13.8 Å². The SMILES string of the molecule is Cc1cc(NC2CNC2)cc(C)c1Br. The van der Waals surface area contributed by atoms with Gasteiger partial charge in [-0.05, 0) is 37.1 Å². The van der Waals surface area contributed by atoms with E-state index in [0.717, 1.165) is 13.1 Å². The van der Waals surface area contributed by atoms with Crippen LogP contribution in [0.25, 0.3) is 0 Å². The molecule has 1 aromatic carbocycles. The van der Waals surface area contributed by atoms with E-state index in [2.05, 4.69) is 52.5 Å². The summed E-state index contributed by atoms with van der Waals surface area (Å²) >= 11 is 3.57. The third-order valence-corrected chi connectivity index (χ3v) is 3.84. The van der Waals surface area contributed by atoms with E-state index in [1.54, 1.807) is 0 Å². The first-order chi connectivity index (χ1) is 6.66. The monoisotopic (exact) mass is 254 g/mol. The van der Waals surface area contributed by atoms with E-state index >= 15 is 0 Å². The van der Waals surface area contributed by atoms with Gasteiger partial charge in [0.15, 0.2) is 0 Å². The smallest absolute Gasteiger partial charge is 0.0510 e. The van der Waals surface area contributed by atoms with Crippen molar-refractivity contribution in [2.24, 2.45) is 0 Å². The van der Waals surface area contributed by atoms with Crippen LogP contribution in [0.2, 0.25) is 0 Å². The van der Waals surface area contributed by atoms with E-state index in [0.29, 0.717) is 6.04 Å². The highest BCUT2D eigenvalue weighted by Gasteiger charge is 2.16. The van der Waals surface area contributed by atoms with Crippen molar-refractivity contribution in [1.82, 2.24) is 5.32 Å². The zero-order valence-corrected chi connectivity index (χ0v) is 10.1. The Hall–Kier alpha value is -0.540. The second kappa shape index (κ2) is 3.91. The maximum atomic E-state index is 3.57. The van der Waals surface area contributed by atoms with Crippen LogP contribution in [0.4, 0.5) is 5.69 Å². The van der Waals surface area contributed by atoms with Crippen LogP contribution < -0.4 is 10.6 Å². The molecule has 0 bridgehead atoms. The number of nitrogens with one attached hydrogen (secondary N) is 2. The van der Waals surface area contributed by atoms with E-state index in [1.807, 2.05) is 0 Å². The van der Waals surface area contributed by atoms with Gasteiger partial charge >= 0.3 is 0 Å². The second-order valence-electron chi connectivity index (χ2n) is 3.92. The molecule has 2 N–H and O–H groups in total. The van der Waals surface area contributed by atoms with Crippen LogP contribution in [0.5, 0.6) is 0 Å². The Balaban J connectivity index is 2.17. The Morgan fingerprint density at radius 2 is 1.86 bits per heavy atom. The largest absolute Gasteiger partial charge is 0.380 e. The molecule has 1 aliphatic heterocycles. The van der Waals surface area contributed by atoms with Crippen LogP contribution in [0.1, 0.15) is 11.1 Å². The van der Waals surface area contributed by atoms with Crippen molar-refractivity contribution in [3.63, 3.8) is 0 Å². The molecule has 0 saturated carbocycles. The average molecular weight is 255 g/mol. The molecule has 2 nitrogen and oxygen atoms in total. The third kappa shape index (κ3) is 1.93. The fraction of sp³-hybridized carbons (Fsp3) is 0.455. The summed E-state index contributed by atoms with van der Waals surface area (Å²) in [7, 11) is 0. The van der Waals surface area contributed by atoms with Crippen molar-refractivity contribution >= 4 is 21.6 Å². The zero-order chi connectivity index (χ0) is 10.1. The van der Waals surface area contributed by atoms with Gasteiger partial charge in [0.2, 0.25) is 0 Å². The molecule has 14 heavy (non-hydrogen) atoms. The fourth-order valence-corrected chi connectivity index (χ4v) is 1.88. The second-order valence-corrected chi connectivity index (χ2v) is 4.72. The Morgan fingerprint density at radius 3 is 2.29 bits per heavy atom. The van der Waals surface area contributed by atoms with Crippen LogP contribution >= 0.6 is 15.9 Å². The molecule has 0 aliphatic carbocycles. The van der Waals surface area contributed by atoms with Crippen LogP contribution in [0.15, 0.2) is 16.6 Å². The Kier molecular flexibility index (Phi) is 2.79. The van der Waals surface area contributed by atoms with Crippen molar-refractivity contribution in [3.05, 3.63) is 27.7 Å². The quantitative estimate of drug-likeness (QED) is 0.848. The summed E-state index contributed by atoms with van der Waals surface area (Å²) in [5.41, 5.74) is 3.81. The zero-order valence-electron chi connectivity index (χ0n) is 8.52. The van der Waals surface area contributed by atoms with Crippen molar-refractivity contribution in [3.8, 4) is 0 Å². The molecular formula is C11H15BrN2. The minimum Gasteiger partial charge on any atom is -0.380 e. The lowest BCUT2D eigenvalue weighted by molar-refractivity contribution is 0.472. The van der Waals surface area contributed by atoms with Gasteiger partial charge in [0.25, 0.3) is 0 Å². The molecule has 0 unspecified atom stereocenters. The maximum absolute atomic E-state index is 3.57. The van der Waals surface area contributed by atoms with Crippen LogP contribution in [-0.2, 0) is 0 Å². The Bertz CT molecular complexity index is 322. The summed E-state index contributed by atoms with van der Waals surface area (Å²) in [5, 5.41) is 6.75. The molecule has 1 heterocycles. The van der Waals surface area contributed by atoms with Gasteiger partial charge in [0.05, 0.1) is 6.04 Å². The number of benzene rings is 1. The number of anilines is 1. The van der Waals surface area contributed by atoms with E-state index in [9.17, 15) is 0 Å².